The van der Waals surface area contributed by atoms with Crippen molar-refractivity contribution in [2.45, 2.75) is 6.92 Å². The van der Waals surface area contributed by atoms with Crippen molar-refractivity contribution >= 4 is 17.3 Å². The third-order valence-electron chi connectivity index (χ3n) is 2.03. The van der Waals surface area contributed by atoms with Crippen molar-refractivity contribution < 1.29 is 19.2 Å². The van der Waals surface area contributed by atoms with Gasteiger partial charge in [-0.2, -0.15) is 0 Å². The van der Waals surface area contributed by atoms with E-state index in [1.54, 1.807) is 0 Å². The topological polar surface area (TPSA) is 90.7 Å². The lowest BCUT2D eigenvalue weighted by Crippen LogP contribution is -2.10. The van der Waals surface area contributed by atoms with Crippen LogP contribution in [0, 0.1) is 10.1 Å². The average molecular weight is 254 g/mol. The number of hydrogen-bond acceptors (Lipinski definition) is 5. The Hall–Kier alpha value is -2.15. The van der Waals surface area contributed by atoms with Gasteiger partial charge in [0.05, 0.1) is 17.2 Å². The van der Waals surface area contributed by atoms with Gasteiger partial charge in [-0.15, -0.1) is 0 Å². The number of methoxy groups -OCH3 is 1. The normalized spacial score (nSPS) is 9.89. The van der Waals surface area contributed by atoms with Crippen LogP contribution in [0.15, 0.2) is 18.2 Å². The molecule has 1 rings (SSSR count). The number of carbonyl (C=O) groups is 1. The van der Waals surface area contributed by atoms with E-state index >= 15 is 0 Å². The van der Waals surface area contributed by atoms with Crippen LogP contribution in [0.4, 0.5) is 11.4 Å². The highest BCUT2D eigenvalue weighted by Gasteiger charge is 2.12. The minimum atomic E-state index is -0.537. The van der Waals surface area contributed by atoms with E-state index in [4.69, 9.17) is 9.47 Å². The number of anilines is 1. The fraction of sp³-hybridized carbons (Fsp3) is 0.364. The van der Waals surface area contributed by atoms with E-state index in [1.165, 1.54) is 32.2 Å². The molecule has 0 aliphatic rings. The molecule has 0 saturated heterocycles. The van der Waals surface area contributed by atoms with Crippen molar-refractivity contribution in [3.63, 3.8) is 0 Å². The van der Waals surface area contributed by atoms with Crippen LogP contribution in [0.3, 0.4) is 0 Å². The number of rotatable bonds is 6. The largest absolute Gasteiger partial charge is 0.489 e. The quantitative estimate of drug-likeness (QED) is 0.472. The van der Waals surface area contributed by atoms with E-state index in [1.807, 2.05) is 0 Å². The Bertz CT molecular complexity index is 447. The summed E-state index contributed by atoms with van der Waals surface area (Å²) in [6, 6.07) is 4.01. The van der Waals surface area contributed by atoms with E-state index < -0.39 is 4.92 Å². The predicted molar refractivity (Wildman–Crippen MR) is 64.8 cm³/mol. The summed E-state index contributed by atoms with van der Waals surface area (Å²) < 4.78 is 10.2. The first-order valence-corrected chi connectivity index (χ1v) is 5.22. The molecule has 1 aromatic rings. The second kappa shape index (κ2) is 6.55. The van der Waals surface area contributed by atoms with Gasteiger partial charge in [0, 0.05) is 26.2 Å². The van der Waals surface area contributed by atoms with Gasteiger partial charge in [0.25, 0.3) is 5.69 Å². The van der Waals surface area contributed by atoms with E-state index in [0.29, 0.717) is 19.0 Å². The highest BCUT2D eigenvalue weighted by Crippen LogP contribution is 2.29. The molecule has 0 bridgehead atoms. The van der Waals surface area contributed by atoms with Crippen LogP contribution >= 0.6 is 0 Å². The summed E-state index contributed by atoms with van der Waals surface area (Å²) in [6.45, 7) is 2.00. The summed E-state index contributed by atoms with van der Waals surface area (Å²) >= 11 is 0. The number of nitro benzene ring substituents is 1. The highest BCUT2D eigenvalue weighted by molar-refractivity contribution is 5.90. The van der Waals surface area contributed by atoms with Crippen LogP contribution < -0.4 is 10.1 Å². The Morgan fingerprint density at radius 1 is 1.44 bits per heavy atom. The van der Waals surface area contributed by atoms with Crippen molar-refractivity contribution in [2.75, 3.05) is 25.6 Å². The van der Waals surface area contributed by atoms with Gasteiger partial charge in [-0.1, -0.05) is 0 Å². The molecule has 1 amide bonds. The molecule has 1 N–H and O–H groups in total. The van der Waals surface area contributed by atoms with Gasteiger partial charge in [-0.25, -0.2) is 0 Å². The predicted octanol–water partition coefficient (Wildman–Crippen LogP) is 1.58. The minimum absolute atomic E-state index is 0.113. The van der Waals surface area contributed by atoms with Gasteiger partial charge in [0.1, 0.15) is 12.4 Å². The summed E-state index contributed by atoms with van der Waals surface area (Å²) in [4.78, 5) is 21.1. The van der Waals surface area contributed by atoms with Crippen molar-refractivity contribution in [2.24, 2.45) is 0 Å². The Labute approximate surface area is 104 Å². The number of non-ortho nitro benzene ring substituents is 1. The van der Waals surface area contributed by atoms with Crippen molar-refractivity contribution in [3.05, 3.63) is 28.3 Å². The smallest absolute Gasteiger partial charge is 0.271 e. The number of ether oxygens (including phenoxy) is 2. The molecule has 0 saturated carbocycles. The SMILES string of the molecule is COCCOc1ccc([N+](=O)[O-])cc1NC(C)=O. The minimum Gasteiger partial charge on any atom is -0.489 e. The maximum absolute atomic E-state index is 11.0. The third kappa shape index (κ3) is 4.02. The van der Waals surface area contributed by atoms with E-state index in [-0.39, 0.29) is 17.3 Å². The van der Waals surface area contributed by atoms with E-state index in [0.717, 1.165) is 0 Å². The van der Waals surface area contributed by atoms with Crippen LogP contribution in [0.5, 0.6) is 5.75 Å². The fourth-order valence-corrected chi connectivity index (χ4v) is 1.28. The van der Waals surface area contributed by atoms with Crippen LogP contribution in [-0.4, -0.2) is 31.2 Å². The molecule has 7 heteroatoms. The third-order valence-corrected chi connectivity index (χ3v) is 2.03. The molecule has 0 atom stereocenters. The molecule has 0 fully saturated rings. The molecule has 0 unspecified atom stereocenters. The summed E-state index contributed by atoms with van der Waals surface area (Å²) in [5.74, 6) is 0.0416. The molecule has 98 valence electrons. The van der Waals surface area contributed by atoms with Gasteiger partial charge < -0.3 is 14.8 Å². The molecule has 0 aliphatic carbocycles. The van der Waals surface area contributed by atoms with Crippen LogP contribution in [-0.2, 0) is 9.53 Å². The van der Waals surface area contributed by atoms with Crippen LogP contribution in [0.2, 0.25) is 0 Å². The van der Waals surface area contributed by atoms with Gasteiger partial charge in [0.15, 0.2) is 0 Å². The average Bonchev–Trinajstić information content (AvgIpc) is 2.30. The summed E-state index contributed by atoms with van der Waals surface area (Å²) in [5.41, 5.74) is 0.158. The number of carbonyl (C=O) groups excluding carboxylic acids is 1. The Balaban J connectivity index is 2.93. The molecular formula is C11H14N2O5. The molecule has 0 spiro atoms. The van der Waals surface area contributed by atoms with Crippen molar-refractivity contribution in [3.8, 4) is 5.75 Å². The first-order chi connectivity index (χ1) is 8.54. The fourth-order valence-electron chi connectivity index (χ4n) is 1.28. The number of nitrogens with one attached hydrogen (secondary N) is 1. The highest BCUT2D eigenvalue weighted by atomic mass is 16.6. The van der Waals surface area contributed by atoms with E-state index in [2.05, 4.69) is 5.32 Å². The maximum Gasteiger partial charge on any atom is 0.271 e. The molecule has 0 heterocycles. The van der Waals surface area contributed by atoms with Gasteiger partial charge in [-0.3, -0.25) is 14.9 Å². The lowest BCUT2D eigenvalue weighted by molar-refractivity contribution is -0.384. The van der Waals surface area contributed by atoms with Crippen molar-refractivity contribution in [1.82, 2.24) is 0 Å². The number of nitro groups is 1. The molecule has 0 radical (unpaired) electrons. The molecule has 18 heavy (non-hydrogen) atoms. The number of hydrogen-bond donors (Lipinski definition) is 1. The molecule has 1 aromatic carbocycles. The standard InChI is InChI=1S/C11H14N2O5/c1-8(14)12-10-7-9(13(15)16)3-4-11(10)18-6-5-17-2/h3-4,7H,5-6H2,1-2H3,(H,12,14). The second-order valence-corrected chi connectivity index (χ2v) is 3.46. The zero-order valence-electron chi connectivity index (χ0n) is 10.1. The van der Waals surface area contributed by atoms with Gasteiger partial charge >= 0.3 is 0 Å². The van der Waals surface area contributed by atoms with E-state index in [9.17, 15) is 14.9 Å². The summed E-state index contributed by atoms with van der Waals surface area (Å²) in [7, 11) is 1.54. The molecular weight excluding hydrogens is 240 g/mol. The second-order valence-electron chi connectivity index (χ2n) is 3.46. The lowest BCUT2D eigenvalue weighted by Gasteiger charge is -2.11. The molecule has 0 aromatic heterocycles. The Kier molecular flexibility index (Phi) is 5.06. The van der Waals surface area contributed by atoms with Crippen LogP contribution in [0.1, 0.15) is 6.92 Å². The lowest BCUT2D eigenvalue weighted by atomic mass is 10.2. The maximum atomic E-state index is 11.0. The summed E-state index contributed by atoms with van der Waals surface area (Å²) in [6.07, 6.45) is 0. The zero-order chi connectivity index (χ0) is 13.5. The Morgan fingerprint density at radius 3 is 2.72 bits per heavy atom. The van der Waals surface area contributed by atoms with Gasteiger partial charge in [-0.05, 0) is 6.07 Å². The van der Waals surface area contributed by atoms with Crippen molar-refractivity contribution in [1.29, 1.82) is 0 Å². The number of benzene rings is 1. The number of nitrogens with zero attached hydrogens (tertiary/aromatic N) is 1. The molecule has 7 nitrogen and oxygen atoms in total. The first-order valence-electron chi connectivity index (χ1n) is 5.22. The van der Waals surface area contributed by atoms with Gasteiger partial charge in [0.2, 0.25) is 5.91 Å². The number of amides is 1. The summed E-state index contributed by atoms with van der Waals surface area (Å²) in [5, 5.41) is 13.1. The first kappa shape index (κ1) is 13.9. The monoisotopic (exact) mass is 254 g/mol. The zero-order valence-corrected chi connectivity index (χ0v) is 10.1. The Morgan fingerprint density at radius 2 is 2.17 bits per heavy atom. The van der Waals surface area contributed by atoms with Crippen LogP contribution in [0.25, 0.3) is 0 Å². The molecule has 0 aliphatic heterocycles.